The smallest absolute Gasteiger partial charge is 0.156 e. The van der Waals surface area contributed by atoms with Gasteiger partial charge in [0.25, 0.3) is 0 Å². The van der Waals surface area contributed by atoms with Crippen LogP contribution in [-0.4, -0.2) is 25.7 Å². The second-order valence-corrected chi connectivity index (χ2v) is 16.6. The lowest BCUT2D eigenvalue weighted by Crippen LogP contribution is -2.37. The molecule has 8 aromatic rings. The zero-order chi connectivity index (χ0) is 38.3. The van der Waals surface area contributed by atoms with Crippen LogP contribution >= 0.6 is 0 Å². The van der Waals surface area contributed by atoms with Gasteiger partial charge in [0.15, 0.2) is 5.84 Å². The summed E-state index contributed by atoms with van der Waals surface area (Å²) >= 11 is 0. The maximum atomic E-state index is 5.38. The lowest BCUT2D eigenvalue weighted by Gasteiger charge is -2.37. The van der Waals surface area contributed by atoms with Gasteiger partial charge in [-0.1, -0.05) is 123 Å². The van der Waals surface area contributed by atoms with Gasteiger partial charge in [-0.15, -0.1) is 0 Å². The van der Waals surface area contributed by atoms with E-state index in [9.17, 15) is 0 Å². The van der Waals surface area contributed by atoms with Gasteiger partial charge in [-0.2, -0.15) is 0 Å². The van der Waals surface area contributed by atoms with E-state index in [1.54, 1.807) is 0 Å². The van der Waals surface area contributed by atoms with Gasteiger partial charge in [-0.3, -0.25) is 9.56 Å². The molecule has 57 heavy (non-hydrogen) atoms. The molecule has 0 radical (unpaired) electrons. The number of hydrogen-bond acceptors (Lipinski definition) is 3. The van der Waals surface area contributed by atoms with Gasteiger partial charge in [0.1, 0.15) is 5.82 Å². The fourth-order valence-corrected chi connectivity index (χ4v) is 9.62. The van der Waals surface area contributed by atoms with E-state index in [-0.39, 0.29) is 5.41 Å². The molecule has 0 amide bonds. The van der Waals surface area contributed by atoms with E-state index in [0.717, 1.165) is 53.2 Å². The molecule has 0 spiro atoms. The summed E-state index contributed by atoms with van der Waals surface area (Å²) in [7, 11) is 0. The largest absolute Gasteiger partial charge is 0.309 e. The fraction of sp³-hybridized carbons (Fsp3) is 0.173. The molecule has 5 nitrogen and oxygen atoms in total. The molecule has 11 rings (SSSR count). The topological polar surface area (TPSA) is 47.5 Å². The number of fused-ring (bicyclic) bond motifs is 7. The molecular formula is C52H43N5. The lowest BCUT2D eigenvalue weighted by molar-refractivity contribution is 0.479. The van der Waals surface area contributed by atoms with Crippen molar-refractivity contribution in [2.45, 2.75) is 51.5 Å². The Labute approximate surface area is 332 Å². The third-order valence-electron chi connectivity index (χ3n) is 12.7. The van der Waals surface area contributed by atoms with E-state index in [4.69, 9.17) is 15.0 Å². The van der Waals surface area contributed by atoms with Crippen LogP contribution in [0, 0.1) is 5.41 Å². The van der Waals surface area contributed by atoms with Crippen LogP contribution in [-0.2, 0) is 5.54 Å². The second-order valence-electron chi connectivity index (χ2n) is 16.6. The van der Waals surface area contributed by atoms with Gasteiger partial charge in [-0.05, 0) is 96.1 Å². The Bertz CT molecular complexity index is 3080. The van der Waals surface area contributed by atoms with Gasteiger partial charge in [0, 0.05) is 56.8 Å². The summed E-state index contributed by atoms with van der Waals surface area (Å²) in [5.74, 6) is 2.01. The highest BCUT2D eigenvalue weighted by molar-refractivity contribution is 6.15. The zero-order valence-corrected chi connectivity index (χ0v) is 32.5. The number of pyridine rings is 1. The number of aliphatic imine (C=N–C) groups is 2. The summed E-state index contributed by atoms with van der Waals surface area (Å²) in [6.07, 6.45) is 18.2. The summed E-state index contributed by atoms with van der Waals surface area (Å²) in [5, 5.41) is 6.25. The van der Waals surface area contributed by atoms with Crippen LogP contribution in [0.1, 0.15) is 68.3 Å². The first-order chi connectivity index (χ1) is 27.9. The minimum Gasteiger partial charge on any atom is -0.309 e. The molecule has 5 heteroatoms. The van der Waals surface area contributed by atoms with Crippen LogP contribution in [0.4, 0.5) is 0 Å². The lowest BCUT2D eigenvalue weighted by atomic mass is 9.73. The molecule has 3 atom stereocenters. The van der Waals surface area contributed by atoms with Crippen LogP contribution in [0.5, 0.6) is 0 Å². The van der Waals surface area contributed by atoms with Crippen molar-refractivity contribution in [1.29, 1.82) is 0 Å². The Morgan fingerprint density at radius 2 is 1.49 bits per heavy atom. The van der Waals surface area contributed by atoms with Gasteiger partial charge in [0.05, 0.1) is 22.1 Å². The van der Waals surface area contributed by atoms with Crippen LogP contribution in [0.2, 0.25) is 0 Å². The van der Waals surface area contributed by atoms with Crippen LogP contribution in [0.25, 0.3) is 61.1 Å². The van der Waals surface area contributed by atoms with Crippen molar-refractivity contribution in [1.82, 2.24) is 14.1 Å². The quantitative estimate of drug-likeness (QED) is 0.173. The van der Waals surface area contributed by atoms with Crippen molar-refractivity contribution in [2.75, 3.05) is 0 Å². The summed E-state index contributed by atoms with van der Waals surface area (Å²) in [4.78, 5) is 15.9. The van der Waals surface area contributed by atoms with E-state index >= 15 is 0 Å². The average molecular weight is 738 g/mol. The molecule has 4 heterocycles. The first kappa shape index (κ1) is 33.7. The van der Waals surface area contributed by atoms with Gasteiger partial charge < -0.3 is 4.57 Å². The molecule has 2 aliphatic carbocycles. The summed E-state index contributed by atoms with van der Waals surface area (Å²) < 4.78 is 4.80. The van der Waals surface area contributed by atoms with Gasteiger partial charge in [0.2, 0.25) is 0 Å². The predicted molar refractivity (Wildman–Crippen MR) is 238 cm³/mol. The van der Waals surface area contributed by atoms with Gasteiger partial charge in [-0.25, -0.2) is 9.98 Å². The number of amidine groups is 1. The maximum Gasteiger partial charge on any atom is 0.156 e. The highest BCUT2D eigenvalue weighted by atomic mass is 15.1. The van der Waals surface area contributed by atoms with Crippen molar-refractivity contribution >= 4 is 61.1 Å². The zero-order valence-electron chi connectivity index (χ0n) is 32.5. The Hall–Kier alpha value is -6.59. The molecule has 5 aromatic carbocycles. The molecular weight excluding hydrogens is 695 g/mol. The molecule has 276 valence electrons. The minimum absolute atomic E-state index is 0.176. The number of hydrogen-bond donors (Lipinski definition) is 0. The second kappa shape index (κ2) is 12.7. The number of benzene rings is 5. The number of rotatable bonds is 5. The molecule has 0 fully saturated rings. The van der Waals surface area contributed by atoms with Crippen molar-refractivity contribution in [2.24, 2.45) is 15.4 Å². The fourth-order valence-electron chi connectivity index (χ4n) is 9.62. The highest BCUT2D eigenvalue weighted by Gasteiger charge is 2.39. The van der Waals surface area contributed by atoms with Gasteiger partial charge >= 0.3 is 0 Å². The first-order valence-corrected chi connectivity index (χ1v) is 20.2. The Kier molecular flexibility index (Phi) is 7.53. The van der Waals surface area contributed by atoms with Crippen LogP contribution in [0.3, 0.4) is 0 Å². The SMILES string of the molecule is CC1CC=Cc2c1c1cc3c4ccccc4n(-c4ccc(C5=NC(C)(c6ccccc6)CC(C6(C)C=CC=CC6)=N5)cn4)c3cc1n2-c1ccc2ccccc2c1. The average Bonchev–Trinajstić information content (AvgIpc) is 3.75. The Morgan fingerprint density at radius 3 is 2.32 bits per heavy atom. The molecule has 0 bridgehead atoms. The molecule has 3 aromatic heterocycles. The number of para-hydroxylation sites is 1. The van der Waals surface area contributed by atoms with E-state index in [0.29, 0.717) is 5.92 Å². The normalized spacial score (nSPS) is 21.7. The summed E-state index contributed by atoms with van der Waals surface area (Å²) in [6.45, 7) is 6.90. The summed E-state index contributed by atoms with van der Waals surface area (Å²) in [5.41, 5.74) is 9.98. The first-order valence-electron chi connectivity index (χ1n) is 20.2. The predicted octanol–water partition coefficient (Wildman–Crippen LogP) is 12.8. The van der Waals surface area contributed by atoms with E-state index < -0.39 is 5.54 Å². The standard InChI is InChI=1S/C52H43N5/c1-34-15-14-22-44-49(34)42-30-41-40-20-10-11-21-43(40)57(45(41)31-46(42)56(44)39-25-23-35-16-8-9-17-36(35)29-39)48-26-24-37(33-53-48)50-54-47(51(2)27-12-5-13-28-51)32-52(3,55-50)38-18-6-4-7-19-38/h4-14,16-27,29-31,33-34H,15,28,32H2,1-3H3. The van der Waals surface area contributed by atoms with Crippen molar-refractivity contribution in [3.05, 3.63) is 180 Å². The maximum absolute atomic E-state index is 5.38. The molecule has 0 N–H and O–H groups in total. The van der Waals surface area contributed by atoms with Crippen molar-refractivity contribution in [3.8, 4) is 11.5 Å². The third-order valence-corrected chi connectivity index (χ3v) is 12.7. The highest BCUT2D eigenvalue weighted by Crippen LogP contribution is 2.44. The number of aromatic nitrogens is 3. The molecule has 1 aliphatic heterocycles. The van der Waals surface area contributed by atoms with Crippen LogP contribution in [0.15, 0.2) is 168 Å². The van der Waals surface area contributed by atoms with E-state index in [1.165, 1.54) is 55.0 Å². The number of allylic oxidation sites excluding steroid dienone is 5. The molecule has 0 saturated heterocycles. The molecule has 3 aliphatic rings. The monoisotopic (exact) mass is 737 g/mol. The summed E-state index contributed by atoms with van der Waals surface area (Å²) in [6, 6.07) is 44.0. The van der Waals surface area contributed by atoms with Crippen LogP contribution < -0.4 is 0 Å². The van der Waals surface area contributed by atoms with Crippen molar-refractivity contribution < 1.29 is 0 Å². The van der Waals surface area contributed by atoms with E-state index in [1.807, 2.05) is 6.20 Å². The third kappa shape index (κ3) is 5.33. The Morgan fingerprint density at radius 1 is 0.684 bits per heavy atom. The van der Waals surface area contributed by atoms with E-state index in [2.05, 4.69) is 188 Å². The molecule has 0 saturated carbocycles. The molecule has 3 unspecified atom stereocenters. The minimum atomic E-state index is -0.450. The Balaban J connectivity index is 1.09. The number of nitrogens with zero attached hydrogens (tertiary/aromatic N) is 5. The van der Waals surface area contributed by atoms with Crippen molar-refractivity contribution in [3.63, 3.8) is 0 Å².